The van der Waals surface area contributed by atoms with Crippen LogP contribution in [0.15, 0.2) is 30.4 Å². The maximum Gasteiger partial charge on any atom is 0.127 e. The summed E-state index contributed by atoms with van der Waals surface area (Å²) in [6.07, 6.45) is 7.98. The van der Waals surface area contributed by atoms with E-state index in [1.54, 1.807) is 12.1 Å². The number of benzene rings is 1. The molecule has 1 atom stereocenters. The van der Waals surface area contributed by atoms with Gasteiger partial charge < -0.3 is 5.32 Å². The van der Waals surface area contributed by atoms with Gasteiger partial charge >= 0.3 is 0 Å². The molecule has 0 saturated carbocycles. The molecule has 0 aromatic heterocycles. The number of rotatable bonds is 4. The van der Waals surface area contributed by atoms with Crippen LogP contribution >= 0.6 is 11.6 Å². The Kier molecular flexibility index (Phi) is 4.57. The van der Waals surface area contributed by atoms with E-state index in [2.05, 4.69) is 17.5 Å². The molecule has 0 spiro atoms. The molecule has 0 bridgehead atoms. The topological polar surface area (TPSA) is 12.0 Å². The van der Waals surface area contributed by atoms with Crippen LogP contribution in [0, 0.1) is 11.7 Å². The number of hydrogen-bond donors (Lipinski definition) is 1. The molecule has 0 fully saturated rings. The van der Waals surface area contributed by atoms with Crippen molar-refractivity contribution in [1.82, 2.24) is 5.32 Å². The molecule has 17 heavy (non-hydrogen) atoms. The van der Waals surface area contributed by atoms with E-state index in [9.17, 15) is 4.39 Å². The van der Waals surface area contributed by atoms with Gasteiger partial charge in [-0.1, -0.05) is 23.8 Å². The van der Waals surface area contributed by atoms with Crippen LogP contribution in [0.2, 0.25) is 5.02 Å². The molecule has 0 saturated heterocycles. The van der Waals surface area contributed by atoms with Gasteiger partial charge in [0.2, 0.25) is 0 Å². The van der Waals surface area contributed by atoms with Crippen LogP contribution < -0.4 is 5.32 Å². The second kappa shape index (κ2) is 6.18. The molecule has 1 N–H and O–H groups in total. The second-order valence-corrected chi connectivity index (χ2v) is 4.95. The molecule has 1 aromatic rings. The van der Waals surface area contributed by atoms with E-state index in [4.69, 9.17) is 11.6 Å². The summed E-state index contributed by atoms with van der Waals surface area (Å²) >= 11 is 5.84. The molecule has 1 aromatic carbocycles. The lowest BCUT2D eigenvalue weighted by Gasteiger charge is -2.18. The molecule has 1 nitrogen and oxygen atoms in total. The largest absolute Gasteiger partial charge is 0.312 e. The van der Waals surface area contributed by atoms with Gasteiger partial charge in [-0.25, -0.2) is 4.39 Å². The lowest BCUT2D eigenvalue weighted by atomic mass is 9.94. The Morgan fingerprint density at radius 2 is 2.24 bits per heavy atom. The van der Waals surface area contributed by atoms with Crippen molar-refractivity contribution in [2.24, 2.45) is 5.92 Å². The average Bonchev–Trinajstić information content (AvgIpc) is 2.35. The summed E-state index contributed by atoms with van der Waals surface area (Å²) in [5, 5.41) is 3.89. The van der Waals surface area contributed by atoms with E-state index >= 15 is 0 Å². The second-order valence-electron chi connectivity index (χ2n) is 4.52. The highest BCUT2D eigenvalue weighted by Gasteiger charge is 2.09. The Bertz CT molecular complexity index is 403. The van der Waals surface area contributed by atoms with Crippen molar-refractivity contribution in [3.63, 3.8) is 0 Å². The highest BCUT2D eigenvalue weighted by atomic mass is 35.5. The molecular weight excluding hydrogens is 237 g/mol. The van der Waals surface area contributed by atoms with Crippen molar-refractivity contribution in [3.8, 4) is 0 Å². The van der Waals surface area contributed by atoms with Gasteiger partial charge in [-0.3, -0.25) is 0 Å². The minimum Gasteiger partial charge on any atom is -0.312 e. The average molecular weight is 254 g/mol. The summed E-state index contributed by atoms with van der Waals surface area (Å²) in [6, 6.07) is 4.68. The number of allylic oxidation sites excluding steroid dienone is 2. The van der Waals surface area contributed by atoms with Crippen LogP contribution in [-0.4, -0.2) is 6.54 Å². The summed E-state index contributed by atoms with van der Waals surface area (Å²) in [7, 11) is 0. The monoisotopic (exact) mass is 253 g/mol. The summed E-state index contributed by atoms with van der Waals surface area (Å²) in [5.41, 5.74) is 0.642. The highest BCUT2D eigenvalue weighted by molar-refractivity contribution is 6.30. The van der Waals surface area contributed by atoms with Gasteiger partial charge in [0.05, 0.1) is 0 Å². The first kappa shape index (κ1) is 12.6. The Morgan fingerprint density at radius 3 is 3.00 bits per heavy atom. The van der Waals surface area contributed by atoms with Gasteiger partial charge in [-0.05, 0) is 49.9 Å². The molecule has 0 radical (unpaired) electrons. The predicted octanol–water partition coefficient (Wildman–Crippen LogP) is 3.93. The maximum absolute atomic E-state index is 13.4. The zero-order valence-electron chi connectivity index (χ0n) is 9.76. The van der Waals surface area contributed by atoms with Crippen LogP contribution in [0.25, 0.3) is 0 Å². The van der Waals surface area contributed by atoms with Crippen LogP contribution in [0.3, 0.4) is 0 Å². The van der Waals surface area contributed by atoms with E-state index in [-0.39, 0.29) is 5.82 Å². The summed E-state index contributed by atoms with van der Waals surface area (Å²) in [5.74, 6) is 0.493. The quantitative estimate of drug-likeness (QED) is 0.802. The fraction of sp³-hybridized carbons (Fsp3) is 0.429. The molecule has 1 unspecified atom stereocenters. The number of hydrogen-bond acceptors (Lipinski definition) is 1. The lowest BCUT2D eigenvalue weighted by Crippen LogP contribution is -2.23. The van der Waals surface area contributed by atoms with E-state index in [0.717, 1.165) is 19.4 Å². The summed E-state index contributed by atoms with van der Waals surface area (Å²) in [4.78, 5) is 0. The minimum atomic E-state index is -0.189. The van der Waals surface area contributed by atoms with Gasteiger partial charge in [-0.15, -0.1) is 0 Å². The first-order valence-corrected chi connectivity index (χ1v) is 6.43. The molecule has 1 aliphatic carbocycles. The summed E-state index contributed by atoms with van der Waals surface area (Å²) < 4.78 is 13.4. The van der Waals surface area contributed by atoms with E-state index in [1.165, 1.54) is 12.5 Å². The van der Waals surface area contributed by atoms with Gasteiger partial charge in [-0.2, -0.15) is 0 Å². The van der Waals surface area contributed by atoms with Crippen molar-refractivity contribution >= 4 is 11.6 Å². The van der Waals surface area contributed by atoms with Crippen molar-refractivity contribution < 1.29 is 4.39 Å². The molecular formula is C14H17ClFN. The van der Waals surface area contributed by atoms with E-state index in [1.807, 2.05) is 0 Å². The SMILES string of the molecule is Fc1ccc(Cl)cc1CNCC1CC=CCC1. The lowest BCUT2D eigenvalue weighted by molar-refractivity contribution is 0.437. The van der Waals surface area contributed by atoms with Crippen LogP contribution in [-0.2, 0) is 6.54 Å². The van der Waals surface area contributed by atoms with Gasteiger partial charge in [0.15, 0.2) is 0 Å². The molecule has 2 rings (SSSR count). The van der Waals surface area contributed by atoms with E-state index < -0.39 is 0 Å². The first-order valence-electron chi connectivity index (χ1n) is 6.05. The van der Waals surface area contributed by atoms with Crippen molar-refractivity contribution in [1.29, 1.82) is 0 Å². The van der Waals surface area contributed by atoms with Gasteiger partial charge in [0.1, 0.15) is 5.82 Å². The summed E-state index contributed by atoms with van der Waals surface area (Å²) in [6.45, 7) is 1.49. The van der Waals surface area contributed by atoms with Crippen molar-refractivity contribution in [3.05, 3.63) is 46.8 Å². The Balaban J connectivity index is 1.81. The normalized spacial score (nSPS) is 19.5. The van der Waals surface area contributed by atoms with Gasteiger partial charge in [0, 0.05) is 17.1 Å². The van der Waals surface area contributed by atoms with Crippen molar-refractivity contribution in [2.75, 3.05) is 6.54 Å². The third-order valence-electron chi connectivity index (χ3n) is 3.13. The Hall–Kier alpha value is -0.860. The molecule has 0 heterocycles. The zero-order valence-corrected chi connectivity index (χ0v) is 10.5. The van der Waals surface area contributed by atoms with Gasteiger partial charge in [0.25, 0.3) is 0 Å². The number of halogens is 2. The fourth-order valence-corrected chi connectivity index (χ4v) is 2.33. The number of nitrogens with one attached hydrogen (secondary N) is 1. The molecule has 0 aliphatic heterocycles. The standard InChI is InChI=1S/C14H17ClFN/c15-13-6-7-14(16)12(8-13)10-17-9-11-4-2-1-3-5-11/h1-2,6-8,11,17H,3-5,9-10H2. The highest BCUT2D eigenvalue weighted by Crippen LogP contribution is 2.18. The predicted molar refractivity (Wildman–Crippen MR) is 69.6 cm³/mol. The van der Waals surface area contributed by atoms with Crippen LogP contribution in [0.4, 0.5) is 4.39 Å². The molecule has 92 valence electrons. The maximum atomic E-state index is 13.4. The Morgan fingerprint density at radius 1 is 1.35 bits per heavy atom. The van der Waals surface area contributed by atoms with Crippen LogP contribution in [0.1, 0.15) is 24.8 Å². The molecule has 1 aliphatic rings. The fourth-order valence-electron chi connectivity index (χ4n) is 2.13. The minimum absolute atomic E-state index is 0.189. The van der Waals surface area contributed by atoms with E-state index in [0.29, 0.717) is 23.0 Å². The Labute approximate surface area is 107 Å². The molecule has 0 amide bonds. The third kappa shape index (κ3) is 3.83. The first-order chi connectivity index (χ1) is 8.25. The zero-order chi connectivity index (χ0) is 12.1. The third-order valence-corrected chi connectivity index (χ3v) is 3.37. The van der Waals surface area contributed by atoms with Crippen molar-refractivity contribution in [2.45, 2.75) is 25.8 Å². The van der Waals surface area contributed by atoms with Crippen LogP contribution in [0.5, 0.6) is 0 Å². The smallest absolute Gasteiger partial charge is 0.127 e. The molecule has 3 heteroatoms.